The summed E-state index contributed by atoms with van der Waals surface area (Å²) >= 11 is 10.9. The van der Waals surface area contributed by atoms with Crippen molar-refractivity contribution in [2.24, 2.45) is 0 Å². The summed E-state index contributed by atoms with van der Waals surface area (Å²) in [6.45, 7) is 4.00. The van der Waals surface area contributed by atoms with Crippen LogP contribution in [-0.4, -0.2) is 22.7 Å². The molecule has 0 aromatic heterocycles. The number of carbonyl (C=O) groups excluding carboxylic acids is 1. The second-order valence-corrected chi connectivity index (χ2v) is 6.68. The molecule has 7 heteroatoms. The first-order valence-corrected chi connectivity index (χ1v) is 8.99. The average molecular weight is 393 g/mol. The summed E-state index contributed by atoms with van der Waals surface area (Å²) in [5, 5.41) is 16.0. The molecule has 1 atom stereocenters. The maximum absolute atomic E-state index is 11.9. The summed E-state index contributed by atoms with van der Waals surface area (Å²) in [7, 11) is 0. The molecule has 1 amide bonds. The van der Waals surface area contributed by atoms with E-state index < -0.39 is 5.91 Å². The smallest absolute Gasteiger partial charge is 0.264 e. The molecule has 5 nitrogen and oxygen atoms in total. The van der Waals surface area contributed by atoms with Crippen molar-refractivity contribution < 1.29 is 14.6 Å². The van der Waals surface area contributed by atoms with E-state index in [2.05, 4.69) is 24.5 Å². The zero-order chi connectivity index (χ0) is 19.1. The van der Waals surface area contributed by atoms with Crippen LogP contribution in [0.4, 0.5) is 5.69 Å². The van der Waals surface area contributed by atoms with Gasteiger partial charge in [0.25, 0.3) is 5.91 Å². The van der Waals surface area contributed by atoms with Gasteiger partial charge in [-0.3, -0.25) is 10.1 Å². The first kappa shape index (κ1) is 20.0. The summed E-state index contributed by atoms with van der Waals surface area (Å²) in [6.07, 6.45) is 0.980. The van der Waals surface area contributed by atoms with Gasteiger partial charge in [0.15, 0.2) is 11.7 Å². The molecular weight excluding hydrogens is 372 g/mol. The molecule has 2 aromatic rings. The third kappa shape index (κ3) is 5.89. The molecule has 2 aromatic carbocycles. The van der Waals surface area contributed by atoms with Crippen LogP contribution >= 0.6 is 23.8 Å². The molecule has 2 rings (SSSR count). The third-order valence-electron chi connectivity index (χ3n) is 3.89. The number of hydrogen-bond acceptors (Lipinski definition) is 4. The van der Waals surface area contributed by atoms with E-state index in [1.807, 2.05) is 12.1 Å². The monoisotopic (exact) mass is 392 g/mol. The van der Waals surface area contributed by atoms with E-state index in [9.17, 15) is 9.90 Å². The van der Waals surface area contributed by atoms with Gasteiger partial charge in [-0.25, -0.2) is 0 Å². The van der Waals surface area contributed by atoms with E-state index in [1.54, 1.807) is 30.3 Å². The van der Waals surface area contributed by atoms with Crippen molar-refractivity contribution in [1.82, 2.24) is 5.32 Å². The van der Waals surface area contributed by atoms with E-state index in [4.69, 9.17) is 28.6 Å². The van der Waals surface area contributed by atoms with E-state index in [1.165, 1.54) is 0 Å². The normalized spacial score (nSPS) is 11.5. The minimum atomic E-state index is -0.407. The van der Waals surface area contributed by atoms with Gasteiger partial charge in [-0.2, -0.15) is 0 Å². The molecule has 0 aliphatic carbocycles. The van der Waals surface area contributed by atoms with Crippen molar-refractivity contribution in [2.75, 3.05) is 11.9 Å². The van der Waals surface area contributed by atoms with E-state index in [0.29, 0.717) is 22.4 Å². The zero-order valence-corrected chi connectivity index (χ0v) is 16.2. The Morgan fingerprint density at radius 3 is 2.62 bits per heavy atom. The molecule has 0 aliphatic rings. The number of phenolic OH excluding ortho intramolecular Hbond substituents is 1. The molecule has 0 fully saturated rings. The van der Waals surface area contributed by atoms with Crippen LogP contribution < -0.4 is 15.4 Å². The SMILES string of the molecule is CCC(C)c1ccc(O)c(NC(=S)NC(=O)COc2ccc(Cl)cc2)c1. The van der Waals surface area contributed by atoms with Crippen molar-refractivity contribution in [1.29, 1.82) is 0 Å². The lowest BCUT2D eigenvalue weighted by Crippen LogP contribution is -2.37. The molecule has 138 valence electrons. The van der Waals surface area contributed by atoms with E-state index >= 15 is 0 Å². The molecule has 0 bridgehead atoms. The van der Waals surface area contributed by atoms with Gasteiger partial charge in [0.05, 0.1) is 5.69 Å². The number of aromatic hydroxyl groups is 1. The lowest BCUT2D eigenvalue weighted by molar-refractivity contribution is -0.121. The minimum absolute atomic E-state index is 0.0612. The van der Waals surface area contributed by atoms with Crippen LogP contribution in [0.15, 0.2) is 42.5 Å². The van der Waals surface area contributed by atoms with Crippen molar-refractivity contribution in [3.8, 4) is 11.5 Å². The molecule has 0 aliphatic heterocycles. The Bertz CT molecular complexity index is 781. The first-order chi connectivity index (χ1) is 12.4. The summed E-state index contributed by atoms with van der Waals surface area (Å²) in [4.78, 5) is 11.9. The van der Waals surface area contributed by atoms with E-state index in [0.717, 1.165) is 12.0 Å². The average Bonchev–Trinajstić information content (AvgIpc) is 2.62. The largest absolute Gasteiger partial charge is 0.506 e. The molecule has 0 saturated carbocycles. The second kappa shape index (κ2) is 9.40. The van der Waals surface area contributed by atoms with Crippen molar-refractivity contribution in [3.63, 3.8) is 0 Å². The van der Waals surface area contributed by atoms with Gasteiger partial charge in [0.2, 0.25) is 0 Å². The quantitative estimate of drug-likeness (QED) is 0.500. The highest BCUT2D eigenvalue weighted by molar-refractivity contribution is 7.80. The fourth-order valence-corrected chi connectivity index (χ4v) is 2.54. The maximum atomic E-state index is 11.9. The topological polar surface area (TPSA) is 70.6 Å². The lowest BCUT2D eigenvalue weighted by Gasteiger charge is -2.15. The molecule has 0 saturated heterocycles. The Labute approximate surface area is 163 Å². The number of phenols is 1. The summed E-state index contributed by atoms with van der Waals surface area (Å²) in [5.74, 6) is 0.538. The fourth-order valence-electron chi connectivity index (χ4n) is 2.19. The Kier molecular flexibility index (Phi) is 7.24. The van der Waals surface area contributed by atoms with Crippen LogP contribution in [0, 0.1) is 0 Å². The van der Waals surface area contributed by atoms with Crippen LogP contribution in [0.3, 0.4) is 0 Å². The van der Waals surface area contributed by atoms with Gasteiger partial charge >= 0.3 is 0 Å². The predicted octanol–water partition coefficient (Wildman–Crippen LogP) is 4.45. The Balaban J connectivity index is 1.89. The van der Waals surface area contributed by atoms with Gasteiger partial charge < -0.3 is 15.2 Å². The number of nitrogens with one attached hydrogen (secondary N) is 2. The molecule has 26 heavy (non-hydrogen) atoms. The van der Waals surface area contributed by atoms with Gasteiger partial charge in [-0.05, 0) is 66.5 Å². The third-order valence-corrected chi connectivity index (χ3v) is 4.34. The number of anilines is 1. The highest BCUT2D eigenvalue weighted by Gasteiger charge is 2.11. The zero-order valence-electron chi connectivity index (χ0n) is 14.6. The number of carbonyl (C=O) groups is 1. The van der Waals surface area contributed by atoms with Crippen LogP contribution in [0.2, 0.25) is 5.02 Å². The first-order valence-electron chi connectivity index (χ1n) is 8.21. The minimum Gasteiger partial charge on any atom is -0.506 e. The molecule has 1 unspecified atom stereocenters. The summed E-state index contributed by atoms with van der Waals surface area (Å²) < 4.78 is 5.36. The molecule has 0 heterocycles. The second-order valence-electron chi connectivity index (χ2n) is 5.83. The van der Waals surface area contributed by atoms with Crippen molar-refractivity contribution in [3.05, 3.63) is 53.1 Å². The van der Waals surface area contributed by atoms with Crippen molar-refractivity contribution >= 4 is 40.5 Å². The number of ether oxygens (including phenoxy) is 1. The predicted molar refractivity (Wildman–Crippen MR) is 108 cm³/mol. The molecular formula is C19H21ClN2O3S. The summed E-state index contributed by atoms with van der Waals surface area (Å²) in [5.41, 5.74) is 1.53. The number of rotatable bonds is 6. The number of benzene rings is 2. The van der Waals surface area contributed by atoms with Crippen LogP contribution in [-0.2, 0) is 4.79 Å². The van der Waals surface area contributed by atoms with Gasteiger partial charge in [-0.15, -0.1) is 0 Å². The van der Waals surface area contributed by atoms with Crippen molar-refractivity contribution in [2.45, 2.75) is 26.2 Å². The Hall–Kier alpha value is -2.31. The number of hydrogen-bond donors (Lipinski definition) is 3. The van der Waals surface area contributed by atoms with Crippen LogP contribution in [0.25, 0.3) is 0 Å². The highest BCUT2D eigenvalue weighted by Crippen LogP contribution is 2.29. The van der Waals surface area contributed by atoms with Gasteiger partial charge in [-0.1, -0.05) is 31.5 Å². The number of thiocarbonyl (C=S) groups is 1. The van der Waals surface area contributed by atoms with Gasteiger partial charge in [0, 0.05) is 5.02 Å². The number of halogens is 1. The Morgan fingerprint density at radius 2 is 1.96 bits per heavy atom. The van der Waals surface area contributed by atoms with Crippen LogP contribution in [0.5, 0.6) is 11.5 Å². The Morgan fingerprint density at radius 1 is 1.27 bits per heavy atom. The van der Waals surface area contributed by atoms with Gasteiger partial charge in [0.1, 0.15) is 11.5 Å². The molecule has 0 spiro atoms. The lowest BCUT2D eigenvalue weighted by atomic mass is 9.98. The standard InChI is InChI=1S/C19H21ClN2O3S/c1-3-12(2)13-4-9-17(23)16(10-13)21-19(26)22-18(24)11-25-15-7-5-14(20)6-8-15/h4-10,12,23H,3,11H2,1-2H3,(H2,21,22,24,26). The van der Waals surface area contributed by atoms with E-state index in [-0.39, 0.29) is 17.5 Å². The molecule has 0 radical (unpaired) electrons. The number of amides is 1. The summed E-state index contributed by atoms with van der Waals surface area (Å²) in [6, 6.07) is 12.0. The molecule has 3 N–H and O–H groups in total. The maximum Gasteiger partial charge on any atom is 0.264 e. The fraction of sp³-hybridized carbons (Fsp3) is 0.263. The van der Waals surface area contributed by atoms with Crippen LogP contribution in [0.1, 0.15) is 31.7 Å². The highest BCUT2D eigenvalue weighted by atomic mass is 35.5.